The standard InChI is InChI=1S/C26H34BrN3O2/c27-24-9-7-23(8-10-24)26(31)30-18-16-29(17-19-30)21-22-5-11-25(12-6-22)32-20-4-15-28-13-2-1-3-14-28/h5-12H,1-4,13-21H2. The normalized spacial score (nSPS) is 18.0. The maximum Gasteiger partial charge on any atom is 0.253 e. The van der Waals surface area contributed by atoms with Crippen molar-refractivity contribution in [3.8, 4) is 5.75 Å². The number of benzene rings is 2. The first kappa shape index (κ1) is 23.3. The molecule has 0 aromatic heterocycles. The third-order valence-corrected chi connectivity index (χ3v) is 6.94. The van der Waals surface area contributed by atoms with Gasteiger partial charge in [0.15, 0.2) is 0 Å². The van der Waals surface area contributed by atoms with Crippen molar-refractivity contribution in [1.29, 1.82) is 0 Å². The van der Waals surface area contributed by atoms with Gasteiger partial charge in [0.05, 0.1) is 6.61 Å². The van der Waals surface area contributed by atoms with Gasteiger partial charge in [0, 0.05) is 49.3 Å². The van der Waals surface area contributed by atoms with E-state index in [0.29, 0.717) is 0 Å². The number of likely N-dealkylation sites (tertiary alicyclic amines) is 1. The van der Waals surface area contributed by atoms with Crippen LogP contribution in [0.25, 0.3) is 0 Å². The highest BCUT2D eigenvalue weighted by Crippen LogP contribution is 2.17. The summed E-state index contributed by atoms with van der Waals surface area (Å²) in [6.45, 7) is 8.69. The number of ether oxygens (including phenoxy) is 1. The van der Waals surface area contributed by atoms with Crippen LogP contribution < -0.4 is 4.74 Å². The van der Waals surface area contributed by atoms with Gasteiger partial charge in [-0.05, 0) is 74.3 Å². The number of hydrogen-bond acceptors (Lipinski definition) is 4. The first-order chi connectivity index (χ1) is 15.7. The molecule has 0 radical (unpaired) electrons. The monoisotopic (exact) mass is 499 g/mol. The van der Waals surface area contributed by atoms with Gasteiger partial charge in [-0.1, -0.05) is 34.5 Å². The summed E-state index contributed by atoms with van der Waals surface area (Å²) >= 11 is 3.42. The van der Waals surface area contributed by atoms with E-state index in [2.05, 4.69) is 50.0 Å². The number of halogens is 1. The Morgan fingerprint density at radius 1 is 0.812 bits per heavy atom. The van der Waals surface area contributed by atoms with Crippen molar-refractivity contribution in [2.45, 2.75) is 32.2 Å². The zero-order valence-corrected chi connectivity index (χ0v) is 20.4. The minimum atomic E-state index is 0.124. The molecule has 2 aromatic rings. The lowest BCUT2D eigenvalue weighted by molar-refractivity contribution is 0.0628. The molecule has 0 aliphatic carbocycles. The molecule has 2 aliphatic rings. The molecule has 2 fully saturated rings. The molecule has 172 valence electrons. The fourth-order valence-electron chi connectivity index (χ4n) is 4.49. The molecule has 2 saturated heterocycles. The Bertz CT molecular complexity index is 842. The Hall–Kier alpha value is -1.89. The summed E-state index contributed by atoms with van der Waals surface area (Å²) in [6, 6.07) is 16.1. The molecule has 2 heterocycles. The fraction of sp³-hybridized carbons (Fsp3) is 0.500. The molecule has 4 rings (SSSR count). The SMILES string of the molecule is O=C(c1ccc(Br)cc1)N1CCN(Cc2ccc(OCCCN3CCCCC3)cc2)CC1. The summed E-state index contributed by atoms with van der Waals surface area (Å²) in [5, 5.41) is 0. The lowest BCUT2D eigenvalue weighted by Crippen LogP contribution is -2.48. The second-order valence-corrected chi connectivity index (χ2v) is 9.74. The van der Waals surface area contributed by atoms with Crippen LogP contribution in [0.5, 0.6) is 5.75 Å². The highest BCUT2D eigenvalue weighted by Gasteiger charge is 2.22. The molecule has 0 unspecified atom stereocenters. The van der Waals surface area contributed by atoms with E-state index in [9.17, 15) is 4.79 Å². The number of piperidine rings is 1. The number of nitrogens with zero attached hydrogens (tertiary/aromatic N) is 3. The van der Waals surface area contributed by atoms with Crippen LogP contribution in [0.15, 0.2) is 53.0 Å². The minimum Gasteiger partial charge on any atom is -0.494 e. The largest absolute Gasteiger partial charge is 0.494 e. The van der Waals surface area contributed by atoms with Gasteiger partial charge in [-0.2, -0.15) is 0 Å². The van der Waals surface area contributed by atoms with E-state index < -0.39 is 0 Å². The zero-order chi connectivity index (χ0) is 22.2. The third-order valence-electron chi connectivity index (χ3n) is 6.42. The van der Waals surface area contributed by atoms with Crippen LogP contribution in [0.1, 0.15) is 41.6 Å². The predicted molar refractivity (Wildman–Crippen MR) is 132 cm³/mol. The molecule has 2 aromatic carbocycles. The van der Waals surface area contributed by atoms with E-state index in [1.807, 2.05) is 29.2 Å². The summed E-state index contributed by atoms with van der Waals surface area (Å²) in [5.41, 5.74) is 2.05. The quantitative estimate of drug-likeness (QED) is 0.494. The number of hydrogen-bond donors (Lipinski definition) is 0. The predicted octanol–water partition coefficient (Wildman–Crippen LogP) is 4.66. The number of piperazine rings is 1. The molecule has 0 spiro atoms. The van der Waals surface area contributed by atoms with Crippen molar-refractivity contribution in [3.63, 3.8) is 0 Å². The van der Waals surface area contributed by atoms with Gasteiger partial charge >= 0.3 is 0 Å². The highest BCUT2D eigenvalue weighted by atomic mass is 79.9. The molecule has 6 heteroatoms. The van der Waals surface area contributed by atoms with Gasteiger partial charge in [0.1, 0.15) is 5.75 Å². The van der Waals surface area contributed by atoms with Gasteiger partial charge in [-0.15, -0.1) is 0 Å². The Morgan fingerprint density at radius 2 is 1.50 bits per heavy atom. The number of carbonyl (C=O) groups excluding carboxylic acids is 1. The smallest absolute Gasteiger partial charge is 0.253 e. The average Bonchev–Trinajstić information content (AvgIpc) is 2.84. The average molecular weight is 500 g/mol. The molecule has 5 nitrogen and oxygen atoms in total. The van der Waals surface area contributed by atoms with E-state index in [4.69, 9.17) is 4.74 Å². The van der Waals surface area contributed by atoms with Gasteiger partial charge in [-0.25, -0.2) is 0 Å². The van der Waals surface area contributed by atoms with Crippen LogP contribution in [-0.4, -0.2) is 73.0 Å². The molecule has 32 heavy (non-hydrogen) atoms. The molecule has 1 amide bonds. The number of rotatable bonds is 8. The van der Waals surface area contributed by atoms with Crippen molar-refractivity contribution in [1.82, 2.24) is 14.7 Å². The number of amides is 1. The van der Waals surface area contributed by atoms with E-state index in [0.717, 1.165) is 68.1 Å². The van der Waals surface area contributed by atoms with Crippen molar-refractivity contribution < 1.29 is 9.53 Å². The summed E-state index contributed by atoms with van der Waals surface area (Å²) in [7, 11) is 0. The van der Waals surface area contributed by atoms with E-state index in [1.165, 1.54) is 37.9 Å². The molecule has 0 atom stereocenters. The van der Waals surface area contributed by atoms with Crippen LogP contribution in [-0.2, 0) is 6.54 Å². The van der Waals surface area contributed by atoms with Gasteiger partial charge in [0.2, 0.25) is 0 Å². The van der Waals surface area contributed by atoms with Gasteiger partial charge in [0.25, 0.3) is 5.91 Å². The molecular formula is C26H34BrN3O2. The lowest BCUT2D eigenvalue weighted by atomic mass is 10.1. The fourth-order valence-corrected chi connectivity index (χ4v) is 4.76. The second-order valence-electron chi connectivity index (χ2n) is 8.82. The summed E-state index contributed by atoms with van der Waals surface area (Å²) in [6.07, 6.45) is 5.17. The van der Waals surface area contributed by atoms with Crippen LogP contribution in [0.4, 0.5) is 0 Å². The van der Waals surface area contributed by atoms with E-state index in [-0.39, 0.29) is 5.91 Å². The zero-order valence-electron chi connectivity index (χ0n) is 18.8. The Labute approximate surface area is 200 Å². The summed E-state index contributed by atoms with van der Waals surface area (Å²) in [5.74, 6) is 1.08. The van der Waals surface area contributed by atoms with Crippen LogP contribution >= 0.6 is 15.9 Å². The minimum absolute atomic E-state index is 0.124. The van der Waals surface area contributed by atoms with Crippen molar-refractivity contribution in [2.75, 3.05) is 52.4 Å². The second kappa shape index (κ2) is 11.8. The van der Waals surface area contributed by atoms with Crippen LogP contribution in [0.3, 0.4) is 0 Å². The molecule has 2 aliphatic heterocycles. The van der Waals surface area contributed by atoms with Gasteiger partial charge in [-0.3, -0.25) is 9.69 Å². The Morgan fingerprint density at radius 3 is 2.19 bits per heavy atom. The third kappa shape index (κ3) is 6.80. The van der Waals surface area contributed by atoms with Crippen LogP contribution in [0, 0.1) is 0 Å². The van der Waals surface area contributed by atoms with Crippen molar-refractivity contribution >= 4 is 21.8 Å². The first-order valence-electron chi connectivity index (χ1n) is 11.9. The molecule has 0 bridgehead atoms. The van der Waals surface area contributed by atoms with E-state index >= 15 is 0 Å². The molecule has 0 N–H and O–H groups in total. The van der Waals surface area contributed by atoms with Crippen molar-refractivity contribution in [3.05, 3.63) is 64.1 Å². The maximum absolute atomic E-state index is 12.7. The Balaban J connectivity index is 1.16. The highest BCUT2D eigenvalue weighted by molar-refractivity contribution is 9.10. The van der Waals surface area contributed by atoms with Crippen molar-refractivity contribution in [2.24, 2.45) is 0 Å². The summed E-state index contributed by atoms with van der Waals surface area (Å²) < 4.78 is 6.94. The van der Waals surface area contributed by atoms with Gasteiger partial charge < -0.3 is 14.5 Å². The number of carbonyl (C=O) groups is 1. The maximum atomic E-state index is 12.7. The summed E-state index contributed by atoms with van der Waals surface area (Å²) in [4.78, 5) is 19.6. The first-order valence-corrected chi connectivity index (χ1v) is 12.7. The van der Waals surface area contributed by atoms with Crippen LogP contribution in [0.2, 0.25) is 0 Å². The molecular weight excluding hydrogens is 466 g/mol. The topological polar surface area (TPSA) is 36.0 Å². The lowest BCUT2D eigenvalue weighted by Gasteiger charge is -2.34. The Kier molecular flexibility index (Phi) is 8.60. The molecule has 0 saturated carbocycles. The van der Waals surface area contributed by atoms with E-state index in [1.54, 1.807) is 0 Å².